The fraction of sp³-hybridized carbons (Fsp3) is 0.423. The Labute approximate surface area is 174 Å². The Bertz CT molecular complexity index is 885. The Balaban J connectivity index is 1.75. The summed E-state index contributed by atoms with van der Waals surface area (Å²) in [6, 6.07) is 17.6. The van der Waals surface area contributed by atoms with Crippen molar-refractivity contribution in [3.8, 4) is 0 Å². The number of hydrogen-bond donors (Lipinski definition) is 1. The highest BCUT2D eigenvalue weighted by Gasteiger charge is 2.37. The highest BCUT2D eigenvalue weighted by atomic mass is 16.1. The highest BCUT2D eigenvalue weighted by Crippen LogP contribution is 2.49. The monoisotopic (exact) mass is 388 g/mol. The van der Waals surface area contributed by atoms with Crippen molar-refractivity contribution in [3.63, 3.8) is 0 Å². The Morgan fingerprint density at radius 1 is 1.14 bits per heavy atom. The van der Waals surface area contributed by atoms with Crippen LogP contribution >= 0.6 is 0 Å². The van der Waals surface area contributed by atoms with Crippen LogP contribution in [0.4, 0.5) is 5.69 Å². The van der Waals surface area contributed by atoms with E-state index in [2.05, 4.69) is 73.1 Å². The average molecular weight is 389 g/mol. The van der Waals surface area contributed by atoms with E-state index in [0.29, 0.717) is 18.0 Å². The van der Waals surface area contributed by atoms with E-state index >= 15 is 0 Å². The van der Waals surface area contributed by atoms with Gasteiger partial charge in [0.2, 0.25) is 0 Å². The normalized spacial score (nSPS) is 21.0. The molecule has 1 fully saturated rings. The van der Waals surface area contributed by atoms with Crippen molar-refractivity contribution in [2.45, 2.75) is 58.0 Å². The molecule has 1 amide bonds. The van der Waals surface area contributed by atoms with Crippen molar-refractivity contribution < 1.29 is 4.79 Å². The summed E-state index contributed by atoms with van der Waals surface area (Å²) >= 11 is 0. The van der Waals surface area contributed by atoms with Gasteiger partial charge < -0.3 is 10.2 Å². The number of carbonyl (C=O) groups is 1. The zero-order valence-corrected chi connectivity index (χ0v) is 17.7. The third-order valence-corrected chi connectivity index (χ3v) is 6.34. The van der Waals surface area contributed by atoms with Gasteiger partial charge in [0, 0.05) is 35.3 Å². The van der Waals surface area contributed by atoms with Crippen LogP contribution in [0.3, 0.4) is 0 Å². The maximum atomic E-state index is 12.6. The average Bonchev–Trinajstić information content (AvgIpc) is 3.57. The summed E-state index contributed by atoms with van der Waals surface area (Å²) in [5.74, 6) is 0.396. The molecule has 4 rings (SSSR count). The predicted molar refractivity (Wildman–Crippen MR) is 121 cm³/mol. The van der Waals surface area contributed by atoms with E-state index in [1.54, 1.807) is 0 Å². The lowest BCUT2D eigenvalue weighted by Gasteiger charge is -2.45. The van der Waals surface area contributed by atoms with E-state index in [0.717, 1.165) is 36.9 Å². The molecule has 1 aliphatic heterocycles. The van der Waals surface area contributed by atoms with Crippen molar-refractivity contribution in [2.75, 3.05) is 11.4 Å². The third kappa shape index (κ3) is 3.96. The molecule has 1 N–H and O–H groups in total. The minimum atomic E-state index is 0.0430. The number of unbranched alkanes of at least 4 members (excludes halogenated alkanes) is 1. The molecule has 1 heterocycles. The van der Waals surface area contributed by atoms with Crippen LogP contribution in [0.5, 0.6) is 0 Å². The molecule has 0 saturated heterocycles. The first kappa shape index (κ1) is 19.8. The molecule has 1 aliphatic carbocycles. The molecular formula is C26H32N2O. The van der Waals surface area contributed by atoms with Crippen molar-refractivity contribution >= 4 is 17.2 Å². The summed E-state index contributed by atoms with van der Waals surface area (Å²) < 4.78 is 0. The molecule has 2 aliphatic rings. The zero-order chi connectivity index (χ0) is 20.4. The molecule has 3 heteroatoms. The fourth-order valence-electron chi connectivity index (χ4n) is 4.62. The van der Waals surface area contributed by atoms with Crippen molar-refractivity contribution in [1.29, 1.82) is 0 Å². The number of fused-ring (bicyclic) bond motifs is 1. The largest absolute Gasteiger partial charge is 0.364 e. The van der Waals surface area contributed by atoms with Gasteiger partial charge in [-0.1, -0.05) is 56.7 Å². The lowest BCUT2D eigenvalue weighted by Crippen LogP contribution is -2.38. The molecule has 29 heavy (non-hydrogen) atoms. The van der Waals surface area contributed by atoms with Crippen LogP contribution in [0.25, 0.3) is 5.57 Å². The van der Waals surface area contributed by atoms with Gasteiger partial charge in [0.1, 0.15) is 0 Å². The highest BCUT2D eigenvalue weighted by molar-refractivity contribution is 5.97. The second-order valence-electron chi connectivity index (χ2n) is 8.40. The Kier molecular flexibility index (Phi) is 5.75. The van der Waals surface area contributed by atoms with Crippen molar-refractivity contribution in [1.82, 2.24) is 5.32 Å². The van der Waals surface area contributed by atoms with E-state index in [1.807, 2.05) is 6.07 Å². The number of rotatable bonds is 7. The summed E-state index contributed by atoms with van der Waals surface area (Å²) in [6.07, 6.45) is 5.68. The van der Waals surface area contributed by atoms with Crippen LogP contribution < -0.4 is 10.2 Å². The van der Waals surface area contributed by atoms with Gasteiger partial charge in [-0.15, -0.1) is 0 Å². The molecule has 2 atom stereocenters. The number of carbonyl (C=O) groups excluding carboxylic acids is 1. The quantitative estimate of drug-likeness (QED) is 0.633. The summed E-state index contributed by atoms with van der Waals surface area (Å²) in [6.45, 7) is 9.94. The van der Waals surface area contributed by atoms with E-state index < -0.39 is 0 Å². The van der Waals surface area contributed by atoms with Gasteiger partial charge in [0.05, 0.1) is 6.04 Å². The number of amides is 1. The molecule has 2 aromatic rings. The van der Waals surface area contributed by atoms with Gasteiger partial charge in [-0.25, -0.2) is 0 Å². The van der Waals surface area contributed by atoms with Crippen molar-refractivity contribution in [3.05, 3.63) is 71.8 Å². The molecule has 2 unspecified atom stereocenters. The number of nitrogens with zero attached hydrogens (tertiary/aromatic N) is 1. The Morgan fingerprint density at radius 2 is 1.90 bits per heavy atom. The molecule has 0 radical (unpaired) electrons. The smallest absolute Gasteiger partial charge is 0.251 e. The summed E-state index contributed by atoms with van der Waals surface area (Å²) in [4.78, 5) is 15.1. The second-order valence-corrected chi connectivity index (χ2v) is 8.40. The maximum absolute atomic E-state index is 12.6. The molecule has 0 aromatic heterocycles. The van der Waals surface area contributed by atoms with Crippen LogP contribution in [0, 0.1) is 5.92 Å². The van der Waals surface area contributed by atoms with Crippen LogP contribution in [0.15, 0.2) is 55.1 Å². The van der Waals surface area contributed by atoms with E-state index in [1.165, 1.54) is 29.7 Å². The fourth-order valence-corrected chi connectivity index (χ4v) is 4.62. The van der Waals surface area contributed by atoms with Crippen molar-refractivity contribution in [2.24, 2.45) is 5.92 Å². The first-order chi connectivity index (χ1) is 14.1. The predicted octanol–water partition coefficient (Wildman–Crippen LogP) is 5.98. The molecule has 0 spiro atoms. The number of hydrogen-bond acceptors (Lipinski definition) is 2. The number of anilines is 1. The van der Waals surface area contributed by atoms with Gasteiger partial charge in [-0.2, -0.15) is 0 Å². The minimum absolute atomic E-state index is 0.0430. The van der Waals surface area contributed by atoms with Gasteiger partial charge in [-0.3, -0.25) is 4.79 Å². The summed E-state index contributed by atoms with van der Waals surface area (Å²) in [7, 11) is 0. The number of benzene rings is 2. The van der Waals surface area contributed by atoms with Gasteiger partial charge in [0.15, 0.2) is 0 Å². The molecule has 1 saturated carbocycles. The summed E-state index contributed by atoms with van der Waals surface area (Å²) in [5, 5.41) is 3.11. The van der Waals surface area contributed by atoms with E-state index in [-0.39, 0.29) is 5.91 Å². The van der Waals surface area contributed by atoms with Gasteiger partial charge in [-0.05, 0) is 55.5 Å². The maximum Gasteiger partial charge on any atom is 0.251 e. The van der Waals surface area contributed by atoms with E-state index in [4.69, 9.17) is 0 Å². The first-order valence-corrected chi connectivity index (χ1v) is 11.1. The standard InChI is InChI=1S/C26H32N2O/c1-4-6-12-22-18(3)23-17-20(26(29)27-21-14-15-21)13-16-24(23)28(5-2)25(22)19-10-8-7-9-11-19/h7-11,13,16-17,21-22,25H,3-6,12,14-15H2,1-2H3,(H,27,29). The summed E-state index contributed by atoms with van der Waals surface area (Å²) in [5.41, 5.74) is 5.61. The van der Waals surface area contributed by atoms with Crippen LogP contribution in [-0.2, 0) is 0 Å². The van der Waals surface area contributed by atoms with Gasteiger partial charge in [0.25, 0.3) is 5.91 Å². The van der Waals surface area contributed by atoms with Crippen LogP contribution in [0.1, 0.15) is 73.5 Å². The Morgan fingerprint density at radius 3 is 2.55 bits per heavy atom. The van der Waals surface area contributed by atoms with Crippen LogP contribution in [0.2, 0.25) is 0 Å². The zero-order valence-electron chi connectivity index (χ0n) is 17.7. The SMILES string of the molecule is C=C1c2cc(C(=O)NC3CC3)ccc2N(CC)C(c2ccccc2)C1CCCC. The lowest BCUT2D eigenvalue weighted by atomic mass is 9.76. The first-order valence-electron chi connectivity index (χ1n) is 11.1. The molecule has 152 valence electrons. The molecule has 0 bridgehead atoms. The number of nitrogens with one attached hydrogen (secondary N) is 1. The lowest BCUT2D eigenvalue weighted by molar-refractivity contribution is 0.0951. The molecule has 3 nitrogen and oxygen atoms in total. The molecule has 2 aromatic carbocycles. The Hall–Kier alpha value is -2.55. The minimum Gasteiger partial charge on any atom is -0.364 e. The second kappa shape index (κ2) is 8.44. The molecular weight excluding hydrogens is 356 g/mol. The van der Waals surface area contributed by atoms with E-state index in [9.17, 15) is 4.79 Å². The topological polar surface area (TPSA) is 32.3 Å². The van der Waals surface area contributed by atoms with Gasteiger partial charge >= 0.3 is 0 Å². The third-order valence-electron chi connectivity index (χ3n) is 6.34. The van der Waals surface area contributed by atoms with Crippen LogP contribution in [-0.4, -0.2) is 18.5 Å².